The summed E-state index contributed by atoms with van der Waals surface area (Å²) >= 11 is 1.14. The predicted octanol–water partition coefficient (Wildman–Crippen LogP) is 1.93. The second-order valence-electron chi connectivity index (χ2n) is 4.62. The Morgan fingerprint density at radius 2 is 2.14 bits per heavy atom. The van der Waals surface area contributed by atoms with Crippen molar-refractivity contribution in [3.8, 4) is 0 Å². The summed E-state index contributed by atoms with van der Waals surface area (Å²) in [4.78, 5) is 22.5. The normalized spacial score (nSPS) is 22.7. The van der Waals surface area contributed by atoms with Crippen molar-refractivity contribution in [3.63, 3.8) is 0 Å². The molecule has 0 radical (unpaired) electrons. The maximum Gasteiger partial charge on any atom is 0.416 e. The van der Waals surface area contributed by atoms with Crippen molar-refractivity contribution in [2.24, 2.45) is 0 Å². The molecular weight excluding hydrogens is 307 g/mol. The Bertz CT molecular complexity index is 562. The molecule has 21 heavy (non-hydrogen) atoms. The van der Waals surface area contributed by atoms with E-state index in [1.54, 1.807) is 0 Å². The van der Waals surface area contributed by atoms with Crippen LogP contribution in [0.25, 0.3) is 0 Å². The number of aliphatic carboxylic acids is 1. The molecule has 1 aliphatic heterocycles. The number of carboxylic acids is 1. The number of alkyl halides is 3. The van der Waals surface area contributed by atoms with Crippen molar-refractivity contribution < 1.29 is 27.9 Å². The molecule has 1 saturated heterocycles. The molecule has 0 bridgehead atoms. The van der Waals surface area contributed by atoms with E-state index in [0.29, 0.717) is 5.56 Å². The Kier molecular flexibility index (Phi) is 4.46. The number of amides is 1. The zero-order chi connectivity index (χ0) is 15.6. The van der Waals surface area contributed by atoms with Crippen molar-refractivity contribution in [1.82, 2.24) is 5.32 Å². The lowest BCUT2D eigenvalue weighted by Crippen LogP contribution is -2.51. The average Bonchev–Trinajstić information content (AvgIpc) is 2.40. The summed E-state index contributed by atoms with van der Waals surface area (Å²) in [5.41, 5.74) is -0.365. The van der Waals surface area contributed by atoms with Crippen molar-refractivity contribution in [1.29, 1.82) is 0 Å². The highest BCUT2D eigenvalue weighted by molar-refractivity contribution is 8.00. The highest BCUT2D eigenvalue weighted by Gasteiger charge is 2.33. The lowest BCUT2D eigenvalue weighted by atomic mass is 10.1. The minimum atomic E-state index is -4.42. The molecule has 1 fully saturated rings. The summed E-state index contributed by atoms with van der Waals surface area (Å²) < 4.78 is 37.8. The number of thioether (sulfide) groups is 1. The summed E-state index contributed by atoms with van der Waals surface area (Å²) in [7, 11) is 0. The molecule has 0 aliphatic carbocycles. The number of halogens is 3. The number of rotatable bonds is 3. The maximum absolute atomic E-state index is 12.6. The second kappa shape index (κ2) is 5.97. The minimum Gasteiger partial charge on any atom is -0.480 e. The van der Waals surface area contributed by atoms with Crippen LogP contribution < -0.4 is 5.32 Å². The van der Waals surface area contributed by atoms with Crippen molar-refractivity contribution in [2.45, 2.75) is 23.9 Å². The number of hydrogen-bond donors (Lipinski definition) is 2. The number of carbonyl (C=O) groups excluding carboxylic acids is 1. The Hall–Kier alpha value is -1.70. The summed E-state index contributed by atoms with van der Waals surface area (Å²) in [6.45, 7) is 0. The topological polar surface area (TPSA) is 66.4 Å². The number of carboxylic acid groups (broad SMARTS) is 1. The van der Waals surface area contributed by atoms with Gasteiger partial charge >= 0.3 is 12.1 Å². The largest absolute Gasteiger partial charge is 0.480 e. The highest BCUT2D eigenvalue weighted by Crippen LogP contribution is 2.30. The van der Waals surface area contributed by atoms with Gasteiger partial charge in [-0.25, -0.2) is 4.79 Å². The molecule has 0 saturated carbocycles. The van der Waals surface area contributed by atoms with E-state index in [1.807, 2.05) is 0 Å². The third-order valence-electron chi connectivity index (χ3n) is 3.05. The zero-order valence-corrected chi connectivity index (χ0v) is 11.5. The lowest BCUT2D eigenvalue weighted by Gasteiger charge is -2.26. The lowest BCUT2D eigenvalue weighted by molar-refractivity contribution is -0.141. The van der Waals surface area contributed by atoms with Gasteiger partial charge in [-0.05, 0) is 18.1 Å². The van der Waals surface area contributed by atoms with Crippen LogP contribution in [-0.2, 0) is 22.2 Å². The first-order chi connectivity index (χ1) is 9.77. The zero-order valence-electron chi connectivity index (χ0n) is 10.7. The van der Waals surface area contributed by atoms with E-state index in [2.05, 4.69) is 5.32 Å². The van der Waals surface area contributed by atoms with E-state index in [-0.39, 0.29) is 12.2 Å². The fourth-order valence-corrected chi connectivity index (χ4v) is 3.15. The van der Waals surface area contributed by atoms with Crippen LogP contribution in [0.1, 0.15) is 11.1 Å². The first kappa shape index (κ1) is 15.7. The second-order valence-corrected chi connectivity index (χ2v) is 5.86. The molecule has 1 heterocycles. The van der Waals surface area contributed by atoms with Gasteiger partial charge in [0, 0.05) is 5.75 Å². The van der Waals surface area contributed by atoms with E-state index in [9.17, 15) is 22.8 Å². The fourth-order valence-electron chi connectivity index (χ4n) is 1.97. The van der Waals surface area contributed by atoms with Crippen molar-refractivity contribution >= 4 is 23.6 Å². The highest BCUT2D eigenvalue weighted by atomic mass is 32.2. The van der Waals surface area contributed by atoms with Gasteiger partial charge in [0.1, 0.15) is 6.04 Å². The van der Waals surface area contributed by atoms with Crippen LogP contribution in [0.2, 0.25) is 0 Å². The molecule has 2 atom stereocenters. The molecule has 0 aromatic heterocycles. The molecule has 0 unspecified atom stereocenters. The summed E-state index contributed by atoms with van der Waals surface area (Å²) in [5, 5.41) is 10.6. The van der Waals surface area contributed by atoms with Crippen LogP contribution in [-0.4, -0.2) is 34.0 Å². The molecule has 2 N–H and O–H groups in total. The molecule has 2 rings (SSSR count). The summed E-state index contributed by atoms with van der Waals surface area (Å²) in [6.07, 6.45) is -4.29. The van der Waals surface area contributed by atoms with Gasteiger partial charge in [-0.15, -0.1) is 11.8 Å². The smallest absolute Gasteiger partial charge is 0.416 e. The summed E-state index contributed by atoms with van der Waals surface area (Å²) in [5.74, 6) is -1.38. The first-order valence-corrected chi connectivity index (χ1v) is 7.13. The van der Waals surface area contributed by atoms with Gasteiger partial charge in [-0.2, -0.15) is 13.2 Å². The summed E-state index contributed by atoms with van der Waals surface area (Å²) in [6, 6.07) is 3.85. The molecule has 1 aromatic rings. The van der Waals surface area contributed by atoms with Crippen molar-refractivity contribution in [2.75, 3.05) is 5.75 Å². The van der Waals surface area contributed by atoms with Crippen LogP contribution in [0.3, 0.4) is 0 Å². The van der Waals surface area contributed by atoms with Gasteiger partial charge in [-0.1, -0.05) is 18.2 Å². The monoisotopic (exact) mass is 319 g/mol. The molecule has 114 valence electrons. The van der Waals surface area contributed by atoms with Crippen LogP contribution in [0.5, 0.6) is 0 Å². The number of hydrogen-bond acceptors (Lipinski definition) is 3. The van der Waals surface area contributed by atoms with E-state index in [1.165, 1.54) is 12.1 Å². The predicted molar refractivity (Wildman–Crippen MR) is 71.0 cm³/mol. The number of nitrogens with one attached hydrogen (secondary N) is 1. The van der Waals surface area contributed by atoms with Crippen LogP contribution in [0.15, 0.2) is 24.3 Å². The number of benzene rings is 1. The third-order valence-corrected chi connectivity index (χ3v) is 4.36. The quantitative estimate of drug-likeness (QED) is 0.893. The SMILES string of the molecule is O=C(O)[C@H]1CS[C@H](Cc2cccc(C(F)(F)F)c2)C(=O)N1. The van der Waals surface area contributed by atoms with Gasteiger partial charge in [0.2, 0.25) is 5.91 Å². The van der Waals surface area contributed by atoms with E-state index in [4.69, 9.17) is 5.11 Å². The van der Waals surface area contributed by atoms with E-state index >= 15 is 0 Å². The molecule has 4 nitrogen and oxygen atoms in total. The van der Waals surface area contributed by atoms with E-state index < -0.39 is 34.9 Å². The molecule has 8 heteroatoms. The van der Waals surface area contributed by atoms with Crippen LogP contribution in [0, 0.1) is 0 Å². The van der Waals surface area contributed by atoms with Gasteiger partial charge < -0.3 is 10.4 Å². The Morgan fingerprint density at radius 1 is 1.43 bits per heavy atom. The van der Waals surface area contributed by atoms with Crippen LogP contribution >= 0.6 is 11.8 Å². The molecule has 1 amide bonds. The van der Waals surface area contributed by atoms with Gasteiger partial charge in [0.25, 0.3) is 0 Å². The first-order valence-electron chi connectivity index (χ1n) is 6.08. The molecule has 0 spiro atoms. The van der Waals surface area contributed by atoms with Gasteiger partial charge in [0.15, 0.2) is 0 Å². The standard InChI is InChI=1S/C13H12F3NO3S/c14-13(15,16)8-3-1-2-7(4-8)5-10-11(18)17-9(6-21-10)12(19)20/h1-4,9-10H,5-6H2,(H,17,18)(H,19,20)/t9-,10-/m1/s1. The maximum atomic E-state index is 12.6. The fraction of sp³-hybridized carbons (Fsp3) is 0.385. The van der Waals surface area contributed by atoms with Gasteiger partial charge in [-0.3, -0.25) is 4.79 Å². The van der Waals surface area contributed by atoms with Crippen molar-refractivity contribution in [3.05, 3.63) is 35.4 Å². The third kappa shape index (κ3) is 3.90. The molecular formula is C13H12F3NO3S. The Labute approximate surface area is 122 Å². The van der Waals surface area contributed by atoms with Crippen LogP contribution in [0.4, 0.5) is 13.2 Å². The van der Waals surface area contributed by atoms with E-state index in [0.717, 1.165) is 23.9 Å². The number of carbonyl (C=O) groups is 2. The molecule has 1 aliphatic rings. The van der Waals surface area contributed by atoms with Gasteiger partial charge in [0.05, 0.1) is 10.8 Å². The minimum absolute atomic E-state index is 0.132. The Balaban J connectivity index is 2.06. The Morgan fingerprint density at radius 3 is 2.71 bits per heavy atom. The average molecular weight is 319 g/mol. The molecule has 1 aromatic carbocycles.